The summed E-state index contributed by atoms with van der Waals surface area (Å²) in [6.07, 6.45) is 0.743. The van der Waals surface area contributed by atoms with Crippen LogP contribution in [0.5, 0.6) is 0 Å². The Morgan fingerprint density at radius 2 is 2.37 bits per heavy atom. The van der Waals surface area contributed by atoms with Crippen LogP contribution in [0.1, 0.15) is 18.4 Å². The van der Waals surface area contributed by atoms with Gasteiger partial charge in [-0.25, -0.2) is 0 Å². The first-order chi connectivity index (χ1) is 9.06. The van der Waals surface area contributed by atoms with Crippen LogP contribution >= 0.6 is 15.9 Å². The molecule has 1 N–H and O–H groups in total. The molecule has 104 valence electrons. The first-order valence-electron chi connectivity index (χ1n) is 6.41. The van der Waals surface area contributed by atoms with Crippen LogP contribution in [0.15, 0.2) is 22.7 Å². The van der Waals surface area contributed by atoms with Crippen LogP contribution in [0.25, 0.3) is 0 Å². The van der Waals surface area contributed by atoms with Crippen LogP contribution in [-0.2, 0) is 9.53 Å². The molecule has 0 aliphatic carbocycles. The molecule has 1 heterocycles. The molecule has 0 aromatic heterocycles. The standard InChI is InChI=1S/C14H18BrNO3/c1-10-8-11(2-4-13(10)15)16-6-7-19-12(9-16)3-5-14(17)18/h2,4,8,12H,3,5-7,9H2,1H3,(H,17,18). The number of benzene rings is 1. The van der Waals surface area contributed by atoms with E-state index < -0.39 is 5.97 Å². The molecule has 2 rings (SSSR count). The summed E-state index contributed by atoms with van der Waals surface area (Å²) < 4.78 is 6.72. The highest BCUT2D eigenvalue weighted by atomic mass is 79.9. The van der Waals surface area contributed by atoms with Crippen LogP contribution in [0.4, 0.5) is 5.69 Å². The molecule has 0 spiro atoms. The third kappa shape index (κ3) is 3.94. The Morgan fingerprint density at radius 1 is 1.58 bits per heavy atom. The lowest BCUT2D eigenvalue weighted by atomic mass is 10.1. The number of nitrogens with zero attached hydrogens (tertiary/aromatic N) is 1. The van der Waals surface area contributed by atoms with Gasteiger partial charge in [0, 0.05) is 29.7 Å². The van der Waals surface area contributed by atoms with Gasteiger partial charge in [0.2, 0.25) is 0 Å². The molecule has 19 heavy (non-hydrogen) atoms. The molecule has 0 amide bonds. The van der Waals surface area contributed by atoms with Crippen molar-refractivity contribution in [3.8, 4) is 0 Å². The minimum Gasteiger partial charge on any atom is -0.481 e. The number of carboxylic acids is 1. The fraction of sp³-hybridized carbons (Fsp3) is 0.500. The smallest absolute Gasteiger partial charge is 0.303 e. The summed E-state index contributed by atoms with van der Waals surface area (Å²) in [6, 6.07) is 6.27. The molecular formula is C14H18BrNO3. The van der Waals surface area contributed by atoms with Crippen molar-refractivity contribution in [1.82, 2.24) is 0 Å². The normalized spacial score (nSPS) is 19.5. The summed E-state index contributed by atoms with van der Waals surface area (Å²) in [6.45, 7) is 4.33. The van der Waals surface area contributed by atoms with Crippen LogP contribution in [0.2, 0.25) is 0 Å². The largest absolute Gasteiger partial charge is 0.481 e. The molecule has 1 fully saturated rings. The third-order valence-electron chi connectivity index (χ3n) is 3.33. The van der Waals surface area contributed by atoms with Gasteiger partial charge in [0.05, 0.1) is 12.7 Å². The Labute approximate surface area is 121 Å². The molecule has 5 heteroatoms. The quantitative estimate of drug-likeness (QED) is 0.923. The van der Waals surface area contributed by atoms with Crippen LogP contribution in [-0.4, -0.2) is 36.9 Å². The number of morpholine rings is 1. The van der Waals surface area contributed by atoms with Gasteiger partial charge in [-0.3, -0.25) is 4.79 Å². The Balaban J connectivity index is 2.00. The predicted octanol–water partition coefficient (Wildman–Crippen LogP) is 2.83. The number of hydrogen-bond acceptors (Lipinski definition) is 3. The molecule has 0 saturated carbocycles. The van der Waals surface area contributed by atoms with E-state index >= 15 is 0 Å². The lowest BCUT2D eigenvalue weighted by Crippen LogP contribution is -2.42. The Kier molecular flexibility index (Phi) is 4.82. The minimum absolute atomic E-state index is 0.00815. The highest BCUT2D eigenvalue weighted by Crippen LogP contribution is 2.25. The average Bonchev–Trinajstić information content (AvgIpc) is 2.40. The van der Waals surface area contributed by atoms with Gasteiger partial charge >= 0.3 is 5.97 Å². The lowest BCUT2D eigenvalue weighted by Gasteiger charge is -2.34. The molecular weight excluding hydrogens is 310 g/mol. The van der Waals surface area contributed by atoms with Gasteiger partial charge < -0.3 is 14.7 Å². The first-order valence-corrected chi connectivity index (χ1v) is 7.20. The number of halogens is 1. The molecule has 1 aromatic rings. The van der Waals surface area contributed by atoms with E-state index in [1.54, 1.807) is 0 Å². The van der Waals surface area contributed by atoms with Crippen molar-refractivity contribution < 1.29 is 14.6 Å². The minimum atomic E-state index is -0.764. The lowest BCUT2D eigenvalue weighted by molar-refractivity contribution is -0.137. The highest BCUT2D eigenvalue weighted by molar-refractivity contribution is 9.10. The number of rotatable bonds is 4. The number of aliphatic carboxylic acids is 1. The van der Waals surface area contributed by atoms with Gasteiger partial charge in [-0.05, 0) is 37.1 Å². The zero-order valence-corrected chi connectivity index (χ0v) is 12.5. The van der Waals surface area contributed by atoms with E-state index in [4.69, 9.17) is 9.84 Å². The summed E-state index contributed by atoms with van der Waals surface area (Å²) in [5.74, 6) is -0.764. The van der Waals surface area contributed by atoms with E-state index in [0.29, 0.717) is 13.0 Å². The van der Waals surface area contributed by atoms with Gasteiger partial charge in [-0.1, -0.05) is 15.9 Å². The average molecular weight is 328 g/mol. The molecule has 1 aromatic carbocycles. The fourth-order valence-corrected chi connectivity index (χ4v) is 2.49. The number of carbonyl (C=O) groups is 1. The topological polar surface area (TPSA) is 49.8 Å². The maximum Gasteiger partial charge on any atom is 0.303 e. The Morgan fingerprint density at radius 3 is 3.05 bits per heavy atom. The second-order valence-electron chi connectivity index (χ2n) is 4.80. The summed E-state index contributed by atoms with van der Waals surface area (Å²) >= 11 is 3.50. The van der Waals surface area contributed by atoms with E-state index in [1.807, 2.05) is 6.07 Å². The molecule has 1 aliphatic heterocycles. The van der Waals surface area contributed by atoms with Crippen molar-refractivity contribution in [2.45, 2.75) is 25.9 Å². The molecule has 1 atom stereocenters. The van der Waals surface area contributed by atoms with Gasteiger partial charge in [-0.15, -0.1) is 0 Å². The summed E-state index contributed by atoms with van der Waals surface area (Å²) in [5.41, 5.74) is 2.37. The zero-order valence-electron chi connectivity index (χ0n) is 10.9. The van der Waals surface area contributed by atoms with Crippen molar-refractivity contribution in [3.63, 3.8) is 0 Å². The monoisotopic (exact) mass is 327 g/mol. The van der Waals surface area contributed by atoms with E-state index in [-0.39, 0.29) is 12.5 Å². The van der Waals surface area contributed by atoms with Gasteiger partial charge in [0.1, 0.15) is 0 Å². The van der Waals surface area contributed by atoms with E-state index in [9.17, 15) is 4.79 Å². The SMILES string of the molecule is Cc1cc(N2CCOC(CCC(=O)O)C2)ccc1Br. The van der Waals surface area contributed by atoms with Crippen molar-refractivity contribution >= 4 is 27.6 Å². The molecule has 4 nitrogen and oxygen atoms in total. The predicted molar refractivity (Wildman–Crippen MR) is 77.7 cm³/mol. The molecule has 0 radical (unpaired) electrons. The summed E-state index contributed by atoms with van der Waals surface area (Å²) in [7, 11) is 0. The Bertz CT molecular complexity index is 464. The second-order valence-corrected chi connectivity index (χ2v) is 5.66. The number of anilines is 1. The van der Waals surface area contributed by atoms with E-state index in [2.05, 4.69) is 39.9 Å². The zero-order chi connectivity index (χ0) is 13.8. The summed E-state index contributed by atoms with van der Waals surface area (Å²) in [5, 5.41) is 8.72. The van der Waals surface area contributed by atoms with Gasteiger partial charge in [-0.2, -0.15) is 0 Å². The molecule has 1 saturated heterocycles. The van der Waals surface area contributed by atoms with E-state index in [1.165, 1.54) is 11.3 Å². The van der Waals surface area contributed by atoms with Crippen molar-refractivity contribution in [2.75, 3.05) is 24.6 Å². The first kappa shape index (κ1) is 14.3. The van der Waals surface area contributed by atoms with Crippen LogP contribution in [0, 0.1) is 6.92 Å². The molecule has 1 unspecified atom stereocenters. The Hall–Kier alpha value is -1.07. The number of aryl methyl sites for hydroxylation is 1. The third-order valence-corrected chi connectivity index (χ3v) is 4.22. The maximum absolute atomic E-state index is 10.6. The van der Waals surface area contributed by atoms with Crippen LogP contribution in [0.3, 0.4) is 0 Å². The van der Waals surface area contributed by atoms with E-state index in [0.717, 1.165) is 17.6 Å². The van der Waals surface area contributed by atoms with Crippen molar-refractivity contribution in [2.24, 2.45) is 0 Å². The second kappa shape index (κ2) is 6.39. The summed E-state index contributed by atoms with van der Waals surface area (Å²) in [4.78, 5) is 12.9. The van der Waals surface area contributed by atoms with Gasteiger partial charge in [0.25, 0.3) is 0 Å². The van der Waals surface area contributed by atoms with Crippen LogP contribution < -0.4 is 4.90 Å². The fourth-order valence-electron chi connectivity index (χ4n) is 2.24. The number of carboxylic acid groups (broad SMARTS) is 1. The maximum atomic E-state index is 10.6. The number of ether oxygens (including phenoxy) is 1. The highest BCUT2D eigenvalue weighted by Gasteiger charge is 2.21. The van der Waals surface area contributed by atoms with Gasteiger partial charge in [0.15, 0.2) is 0 Å². The molecule has 0 bridgehead atoms. The van der Waals surface area contributed by atoms with Crippen molar-refractivity contribution in [1.29, 1.82) is 0 Å². The molecule has 1 aliphatic rings. The van der Waals surface area contributed by atoms with Crippen molar-refractivity contribution in [3.05, 3.63) is 28.2 Å². The number of hydrogen-bond donors (Lipinski definition) is 1.